The Morgan fingerprint density at radius 3 is 2.72 bits per heavy atom. The van der Waals surface area contributed by atoms with Crippen molar-refractivity contribution in [3.05, 3.63) is 66.1 Å². The van der Waals surface area contributed by atoms with Crippen LogP contribution in [0.5, 0.6) is 5.75 Å². The quantitative estimate of drug-likeness (QED) is 0.693. The Kier molecular flexibility index (Phi) is 5.86. The van der Waals surface area contributed by atoms with Crippen molar-refractivity contribution in [1.29, 1.82) is 0 Å². The molecule has 1 saturated heterocycles. The van der Waals surface area contributed by atoms with E-state index in [9.17, 15) is 4.79 Å². The number of benzene rings is 1. The molecule has 2 aromatic heterocycles. The number of carbonyl (C=O) groups is 1. The zero-order chi connectivity index (χ0) is 20.1. The highest BCUT2D eigenvalue weighted by molar-refractivity contribution is 6.05. The summed E-state index contributed by atoms with van der Waals surface area (Å²) in [5.74, 6) is 1.81. The molecule has 1 fully saturated rings. The van der Waals surface area contributed by atoms with Gasteiger partial charge in [0.2, 0.25) is 0 Å². The number of aromatic nitrogens is 3. The number of pyridine rings is 1. The van der Waals surface area contributed by atoms with E-state index in [1.54, 1.807) is 17.1 Å². The number of carbonyl (C=O) groups excluding carboxylic acids is 1. The van der Waals surface area contributed by atoms with Crippen LogP contribution in [0, 0.1) is 12.8 Å². The molecule has 1 N–H and O–H groups in total. The van der Waals surface area contributed by atoms with Gasteiger partial charge in [-0.05, 0) is 62.1 Å². The van der Waals surface area contributed by atoms with Crippen molar-refractivity contribution >= 4 is 11.6 Å². The highest BCUT2D eigenvalue weighted by Gasteiger charge is 2.16. The van der Waals surface area contributed by atoms with Crippen LogP contribution in [0.4, 0.5) is 5.69 Å². The topological polar surface area (TPSA) is 78.3 Å². The van der Waals surface area contributed by atoms with Gasteiger partial charge in [-0.3, -0.25) is 4.79 Å². The average molecular weight is 392 g/mol. The van der Waals surface area contributed by atoms with E-state index in [4.69, 9.17) is 9.47 Å². The molecule has 0 atom stereocenters. The molecule has 7 nitrogen and oxygen atoms in total. The summed E-state index contributed by atoms with van der Waals surface area (Å²) in [7, 11) is 0. The van der Waals surface area contributed by atoms with Gasteiger partial charge in [0, 0.05) is 25.1 Å². The Labute approximate surface area is 169 Å². The first-order chi connectivity index (χ1) is 14.2. The standard InChI is InChI=1S/C22H24N4O3/c1-16-20(14-24-26(16)21-4-2-3-11-23-21)22(27)25-18-5-7-19(8-6-18)29-15-17-9-12-28-13-10-17/h2-8,11,14,17H,9-10,12-13,15H2,1H3,(H,25,27). The second-order valence-electron chi connectivity index (χ2n) is 7.09. The Morgan fingerprint density at radius 2 is 2.00 bits per heavy atom. The van der Waals surface area contributed by atoms with Crippen LogP contribution in [0.1, 0.15) is 28.9 Å². The zero-order valence-corrected chi connectivity index (χ0v) is 16.4. The number of nitrogens with zero attached hydrogens (tertiary/aromatic N) is 3. The summed E-state index contributed by atoms with van der Waals surface area (Å²) in [4.78, 5) is 16.9. The molecular weight excluding hydrogens is 368 g/mol. The second kappa shape index (κ2) is 8.87. The van der Waals surface area contributed by atoms with Gasteiger partial charge in [0.25, 0.3) is 5.91 Å². The average Bonchev–Trinajstić information content (AvgIpc) is 3.16. The van der Waals surface area contributed by atoms with Crippen LogP contribution in [-0.4, -0.2) is 40.5 Å². The molecule has 0 bridgehead atoms. The monoisotopic (exact) mass is 392 g/mol. The van der Waals surface area contributed by atoms with Crippen molar-refractivity contribution in [2.24, 2.45) is 5.92 Å². The number of hydrogen-bond donors (Lipinski definition) is 1. The molecule has 3 aromatic rings. The van der Waals surface area contributed by atoms with Crippen LogP contribution < -0.4 is 10.1 Å². The largest absolute Gasteiger partial charge is 0.493 e. The van der Waals surface area contributed by atoms with Gasteiger partial charge in [0.1, 0.15) is 5.75 Å². The molecule has 0 radical (unpaired) electrons. The third kappa shape index (κ3) is 4.63. The van der Waals surface area contributed by atoms with Crippen LogP contribution in [0.3, 0.4) is 0 Å². The van der Waals surface area contributed by atoms with Gasteiger partial charge < -0.3 is 14.8 Å². The van der Waals surface area contributed by atoms with E-state index in [-0.39, 0.29) is 5.91 Å². The molecule has 150 valence electrons. The predicted octanol–water partition coefficient (Wildman–Crippen LogP) is 3.63. The van der Waals surface area contributed by atoms with E-state index in [2.05, 4.69) is 15.4 Å². The summed E-state index contributed by atoms with van der Waals surface area (Å²) in [6.07, 6.45) is 5.34. The lowest BCUT2D eigenvalue weighted by Crippen LogP contribution is -2.21. The molecule has 0 aliphatic carbocycles. The minimum atomic E-state index is -0.208. The fraction of sp³-hybridized carbons (Fsp3) is 0.318. The van der Waals surface area contributed by atoms with Crippen LogP contribution in [0.15, 0.2) is 54.9 Å². The zero-order valence-electron chi connectivity index (χ0n) is 16.4. The van der Waals surface area contributed by atoms with Gasteiger partial charge in [-0.1, -0.05) is 6.07 Å². The molecule has 29 heavy (non-hydrogen) atoms. The van der Waals surface area contributed by atoms with E-state index >= 15 is 0 Å². The summed E-state index contributed by atoms with van der Waals surface area (Å²) in [6.45, 7) is 4.18. The third-order valence-electron chi connectivity index (χ3n) is 5.06. The van der Waals surface area contributed by atoms with Gasteiger partial charge >= 0.3 is 0 Å². The van der Waals surface area contributed by atoms with Crippen molar-refractivity contribution in [3.63, 3.8) is 0 Å². The number of rotatable bonds is 6. The minimum absolute atomic E-state index is 0.208. The summed E-state index contributed by atoms with van der Waals surface area (Å²) < 4.78 is 12.9. The number of nitrogens with one attached hydrogen (secondary N) is 1. The van der Waals surface area contributed by atoms with Crippen LogP contribution in [0.25, 0.3) is 5.82 Å². The molecule has 1 amide bonds. The second-order valence-corrected chi connectivity index (χ2v) is 7.09. The van der Waals surface area contributed by atoms with Crippen LogP contribution in [0.2, 0.25) is 0 Å². The molecule has 1 aliphatic heterocycles. The lowest BCUT2D eigenvalue weighted by Gasteiger charge is -2.22. The third-order valence-corrected chi connectivity index (χ3v) is 5.06. The maximum absolute atomic E-state index is 12.7. The molecule has 4 rings (SSSR count). The van der Waals surface area contributed by atoms with Gasteiger partial charge in [-0.25, -0.2) is 9.67 Å². The lowest BCUT2D eigenvalue weighted by atomic mass is 10.0. The van der Waals surface area contributed by atoms with E-state index < -0.39 is 0 Å². The molecule has 0 saturated carbocycles. The molecule has 0 spiro atoms. The SMILES string of the molecule is Cc1c(C(=O)Nc2ccc(OCC3CCOCC3)cc2)cnn1-c1ccccn1. The van der Waals surface area contributed by atoms with Gasteiger partial charge in [-0.2, -0.15) is 5.10 Å². The first-order valence-corrected chi connectivity index (χ1v) is 9.78. The van der Waals surface area contributed by atoms with Gasteiger partial charge in [-0.15, -0.1) is 0 Å². The predicted molar refractivity (Wildman–Crippen MR) is 110 cm³/mol. The molecule has 1 aliphatic rings. The number of anilines is 1. The number of ether oxygens (including phenoxy) is 2. The molecule has 1 aromatic carbocycles. The molecule has 7 heteroatoms. The van der Waals surface area contributed by atoms with E-state index in [0.29, 0.717) is 29.6 Å². The van der Waals surface area contributed by atoms with Crippen LogP contribution in [-0.2, 0) is 4.74 Å². The number of hydrogen-bond acceptors (Lipinski definition) is 5. The van der Waals surface area contributed by atoms with Crippen molar-refractivity contribution < 1.29 is 14.3 Å². The summed E-state index contributed by atoms with van der Waals surface area (Å²) >= 11 is 0. The summed E-state index contributed by atoms with van der Waals surface area (Å²) in [5, 5.41) is 7.21. The number of amides is 1. The smallest absolute Gasteiger partial charge is 0.259 e. The lowest BCUT2D eigenvalue weighted by molar-refractivity contribution is 0.0497. The van der Waals surface area contributed by atoms with E-state index in [0.717, 1.165) is 37.5 Å². The van der Waals surface area contributed by atoms with Crippen molar-refractivity contribution in [2.45, 2.75) is 19.8 Å². The fourth-order valence-electron chi connectivity index (χ4n) is 3.30. The Balaban J connectivity index is 1.37. The van der Waals surface area contributed by atoms with Crippen molar-refractivity contribution in [2.75, 3.05) is 25.1 Å². The molecule has 3 heterocycles. The first kappa shape index (κ1) is 19.1. The maximum Gasteiger partial charge on any atom is 0.259 e. The van der Waals surface area contributed by atoms with Gasteiger partial charge in [0.15, 0.2) is 5.82 Å². The highest BCUT2D eigenvalue weighted by Crippen LogP contribution is 2.21. The maximum atomic E-state index is 12.7. The minimum Gasteiger partial charge on any atom is -0.493 e. The van der Waals surface area contributed by atoms with Crippen molar-refractivity contribution in [3.8, 4) is 11.6 Å². The van der Waals surface area contributed by atoms with E-state index in [1.165, 1.54) is 0 Å². The van der Waals surface area contributed by atoms with Gasteiger partial charge in [0.05, 0.1) is 24.1 Å². The van der Waals surface area contributed by atoms with Crippen molar-refractivity contribution in [1.82, 2.24) is 14.8 Å². The van der Waals surface area contributed by atoms with E-state index in [1.807, 2.05) is 49.4 Å². The normalized spacial score (nSPS) is 14.5. The summed E-state index contributed by atoms with van der Waals surface area (Å²) in [5.41, 5.74) is 1.95. The summed E-state index contributed by atoms with van der Waals surface area (Å²) in [6, 6.07) is 13.0. The Morgan fingerprint density at radius 1 is 1.21 bits per heavy atom. The highest BCUT2D eigenvalue weighted by atomic mass is 16.5. The first-order valence-electron chi connectivity index (χ1n) is 9.78. The van der Waals surface area contributed by atoms with Crippen LogP contribution >= 0.6 is 0 Å². The Hall–Kier alpha value is -3.19. The molecular formula is C22H24N4O3. The Bertz CT molecular complexity index is 948. The molecule has 0 unspecified atom stereocenters. The fourth-order valence-corrected chi connectivity index (χ4v) is 3.30.